The normalized spacial score (nSPS) is 11.0. The summed E-state index contributed by atoms with van der Waals surface area (Å²) in [6.07, 6.45) is 0. The highest BCUT2D eigenvalue weighted by Gasteiger charge is 2.21. The van der Waals surface area contributed by atoms with Crippen molar-refractivity contribution in [2.75, 3.05) is 16.7 Å². The topological polar surface area (TPSA) is 108 Å². The van der Waals surface area contributed by atoms with E-state index in [2.05, 4.69) is 10.3 Å². The van der Waals surface area contributed by atoms with Crippen molar-refractivity contribution < 1.29 is 13.2 Å². The summed E-state index contributed by atoms with van der Waals surface area (Å²) in [6, 6.07) is 18.0. The van der Waals surface area contributed by atoms with E-state index < -0.39 is 15.9 Å². The fourth-order valence-corrected chi connectivity index (χ4v) is 3.97. The Morgan fingerprint density at radius 3 is 2.46 bits per heavy atom. The van der Waals surface area contributed by atoms with Crippen molar-refractivity contribution in [1.29, 1.82) is 0 Å². The first-order valence-electron chi connectivity index (χ1n) is 8.23. The average molecular weight is 415 g/mol. The van der Waals surface area contributed by atoms with Crippen LogP contribution in [0, 0.1) is 4.64 Å². The number of hydrogen-bond donors (Lipinski definition) is 3. The van der Waals surface area contributed by atoms with Gasteiger partial charge in [-0.05, 0) is 42.5 Å². The number of pyridine rings is 1. The lowest BCUT2D eigenvalue weighted by Crippen LogP contribution is -2.26. The maximum absolute atomic E-state index is 12.8. The van der Waals surface area contributed by atoms with Crippen molar-refractivity contribution in [3.05, 3.63) is 76.9 Å². The number of nitrogens with one attached hydrogen (secondary N) is 2. The standard InChI is InChI=1S/C19H18N4O3S2/c1-23(28(25,26)15-8-3-2-4-9-15)14-7-5-6-13(12-14)21-19-16(18(20)24)10-11-17(27)22-19/h2-12H,1H3,(H2,20,24)(H2,21,22,27). The molecule has 28 heavy (non-hydrogen) atoms. The number of anilines is 3. The minimum Gasteiger partial charge on any atom is -0.365 e. The molecule has 4 N–H and O–H groups in total. The van der Waals surface area contributed by atoms with Crippen molar-refractivity contribution in [3.63, 3.8) is 0 Å². The third-order valence-electron chi connectivity index (χ3n) is 4.07. The first kappa shape index (κ1) is 19.6. The summed E-state index contributed by atoms with van der Waals surface area (Å²) in [5, 5.41) is 3.04. The Hall–Kier alpha value is -3.17. The molecular formula is C19H18N4O3S2. The summed E-state index contributed by atoms with van der Waals surface area (Å²) in [5.41, 5.74) is 6.65. The number of carbonyl (C=O) groups excluding carboxylic acids is 1. The van der Waals surface area contributed by atoms with Gasteiger partial charge in [-0.1, -0.05) is 36.5 Å². The average Bonchev–Trinajstić information content (AvgIpc) is 2.68. The number of sulfonamides is 1. The number of nitrogens with zero attached hydrogens (tertiary/aromatic N) is 1. The lowest BCUT2D eigenvalue weighted by Gasteiger charge is -2.20. The maximum Gasteiger partial charge on any atom is 0.264 e. The molecule has 0 unspecified atom stereocenters. The van der Waals surface area contributed by atoms with Crippen LogP contribution in [0.2, 0.25) is 0 Å². The quantitative estimate of drug-likeness (QED) is 0.536. The summed E-state index contributed by atoms with van der Waals surface area (Å²) in [6.45, 7) is 0. The Morgan fingerprint density at radius 1 is 1.07 bits per heavy atom. The molecule has 0 saturated heterocycles. The van der Waals surface area contributed by atoms with Gasteiger partial charge in [0.15, 0.2) is 0 Å². The van der Waals surface area contributed by atoms with E-state index in [4.69, 9.17) is 18.0 Å². The van der Waals surface area contributed by atoms with Crippen LogP contribution in [0.5, 0.6) is 0 Å². The van der Waals surface area contributed by atoms with Crippen LogP contribution in [-0.2, 0) is 10.0 Å². The van der Waals surface area contributed by atoms with Gasteiger partial charge in [0.25, 0.3) is 15.9 Å². The van der Waals surface area contributed by atoms with Crippen LogP contribution < -0.4 is 15.4 Å². The molecule has 9 heteroatoms. The maximum atomic E-state index is 12.8. The van der Waals surface area contributed by atoms with Gasteiger partial charge in [-0.25, -0.2) is 8.42 Å². The van der Waals surface area contributed by atoms with E-state index in [-0.39, 0.29) is 10.5 Å². The van der Waals surface area contributed by atoms with Gasteiger partial charge in [0, 0.05) is 12.7 Å². The summed E-state index contributed by atoms with van der Waals surface area (Å²) in [7, 11) is -2.22. The molecule has 144 valence electrons. The van der Waals surface area contributed by atoms with E-state index in [0.717, 1.165) is 0 Å². The number of nitrogens with two attached hydrogens (primary N) is 1. The molecular weight excluding hydrogens is 396 g/mol. The van der Waals surface area contributed by atoms with Gasteiger partial charge in [0.1, 0.15) is 10.5 Å². The molecule has 0 aliphatic heterocycles. The molecule has 1 aromatic heterocycles. The van der Waals surface area contributed by atoms with E-state index >= 15 is 0 Å². The summed E-state index contributed by atoms with van der Waals surface area (Å²) < 4.78 is 27.2. The number of aromatic nitrogens is 1. The Bertz CT molecular complexity index is 1180. The lowest BCUT2D eigenvalue weighted by molar-refractivity contribution is 0.100. The molecule has 0 aliphatic carbocycles. The molecule has 0 atom stereocenters. The van der Waals surface area contributed by atoms with Crippen LogP contribution in [0.4, 0.5) is 17.2 Å². The van der Waals surface area contributed by atoms with E-state index in [1.165, 1.54) is 29.6 Å². The van der Waals surface area contributed by atoms with Crippen molar-refractivity contribution in [2.45, 2.75) is 4.90 Å². The number of amides is 1. The molecule has 3 rings (SSSR count). The van der Waals surface area contributed by atoms with Gasteiger partial charge in [-0.3, -0.25) is 9.10 Å². The van der Waals surface area contributed by atoms with Crippen molar-refractivity contribution in [2.24, 2.45) is 5.73 Å². The van der Waals surface area contributed by atoms with E-state index in [1.54, 1.807) is 48.5 Å². The highest BCUT2D eigenvalue weighted by atomic mass is 32.2. The molecule has 0 radical (unpaired) electrons. The number of benzene rings is 2. The second kappa shape index (κ2) is 7.83. The first-order valence-corrected chi connectivity index (χ1v) is 10.1. The molecule has 1 amide bonds. The fourth-order valence-electron chi connectivity index (χ4n) is 2.59. The molecule has 0 saturated carbocycles. The highest BCUT2D eigenvalue weighted by Crippen LogP contribution is 2.26. The monoisotopic (exact) mass is 414 g/mol. The minimum absolute atomic E-state index is 0.194. The van der Waals surface area contributed by atoms with Crippen LogP contribution in [0.15, 0.2) is 71.6 Å². The zero-order chi connectivity index (χ0) is 20.3. The third kappa shape index (κ3) is 4.05. The second-order valence-electron chi connectivity index (χ2n) is 5.94. The largest absolute Gasteiger partial charge is 0.365 e. The zero-order valence-corrected chi connectivity index (χ0v) is 16.5. The summed E-state index contributed by atoms with van der Waals surface area (Å²) in [5.74, 6) is -0.278. The van der Waals surface area contributed by atoms with Crippen LogP contribution in [0.25, 0.3) is 0 Å². The number of rotatable bonds is 6. The van der Waals surface area contributed by atoms with Crippen LogP contribution in [0.3, 0.4) is 0 Å². The predicted octanol–water partition coefficient (Wildman–Crippen LogP) is 3.41. The Morgan fingerprint density at radius 2 is 1.79 bits per heavy atom. The predicted molar refractivity (Wildman–Crippen MR) is 112 cm³/mol. The van der Waals surface area contributed by atoms with E-state index in [1.807, 2.05) is 0 Å². The molecule has 0 spiro atoms. The summed E-state index contributed by atoms with van der Waals surface area (Å²) in [4.78, 5) is 14.7. The van der Waals surface area contributed by atoms with Gasteiger partial charge in [-0.2, -0.15) is 0 Å². The van der Waals surface area contributed by atoms with Crippen LogP contribution in [0.1, 0.15) is 10.4 Å². The molecule has 3 aromatic rings. The molecule has 7 nitrogen and oxygen atoms in total. The Labute approximate surface area is 167 Å². The van der Waals surface area contributed by atoms with Gasteiger partial charge in [-0.15, -0.1) is 0 Å². The smallest absolute Gasteiger partial charge is 0.264 e. The molecule has 1 heterocycles. The zero-order valence-electron chi connectivity index (χ0n) is 14.9. The summed E-state index contributed by atoms with van der Waals surface area (Å²) >= 11 is 5.10. The molecule has 2 aromatic carbocycles. The number of aromatic amines is 1. The molecule has 0 aliphatic rings. The fraction of sp³-hybridized carbons (Fsp3) is 0.0526. The first-order chi connectivity index (χ1) is 13.3. The minimum atomic E-state index is -3.70. The molecule has 0 fully saturated rings. The SMILES string of the molecule is CN(c1cccc(Nc2[nH]c(=S)ccc2C(N)=O)c1)S(=O)(=O)c1ccccc1. The van der Waals surface area contributed by atoms with E-state index in [9.17, 15) is 13.2 Å². The Kier molecular flexibility index (Phi) is 5.48. The van der Waals surface area contributed by atoms with Gasteiger partial charge in [0.2, 0.25) is 0 Å². The Balaban J connectivity index is 1.95. The third-order valence-corrected chi connectivity index (χ3v) is 6.10. The van der Waals surface area contributed by atoms with Crippen molar-refractivity contribution in [1.82, 2.24) is 4.98 Å². The van der Waals surface area contributed by atoms with E-state index in [0.29, 0.717) is 21.8 Å². The van der Waals surface area contributed by atoms with Gasteiger partial charge in [0.05, 0.1) is 16.1 Å². The number of carbonyl (C=O) groups is 1. The highest BCUT2D eigenvalue weighted by molar-refractivity contribution is 7.92. The number of primary amides is 1. The van der Waals surface area contributed by atoms with Crippen LogP contribution in [-0.4, -0.2) is 26.4 Å². The second-order valence-corrected chi connectivity index (χ2v) is 8.35. The lowest BCUT2D eigenvalue weighted by atomic mass is 10.2. The number of hydrogen-bond acceptors (Lipinski definition) is 5. The number of H-pyrrole nitrogens is 1. The van der Waals surface area contributed by atoms with Crippen molar-refractivity contribution in [3.8, 4) is 0 Å². The van der Waals surface area contributed by atoms with Crippen molar-refractivity contribution >= 4 is 45.3 Å². The van der Waals surface area contributed by atoms with Gasteiger partial charge < -0.3 is 16.0 Å². The van der Waals surface area contributed by atoms with Crippen LogP contribution >= 0.6 is 12.2 Å². The molecule has 0 bridgehead atoms. The van der Waals surface area contributed by atoms with Gasteiger partial charge >= 0.3 is 0 Å².